The zero-order chi connectivity index (χ0) is 22.1. The van der Waals surface area contributed by atoms with E-state index >= 15 is 0 Å². The largest absolute Gasteiger partial charge is 0.494 e. The molecule has 2 heterocycles. The third-order valence-electron chi connectivity index (χ3n) is 6.57. The molecule has 0 bridgehead atoms. The van der Waals surface area contributed by atoms with Gasteiger partial charge in [-0.3, -0.25) is 4.79 Å². The Balaban J connectivity index is 1.35. The number of nitrogens with zero attached hydrogens (tertiary/aromatic N) is 3. The molecule has 32 heavy (non-hydrogen) atoms. The van der Waals surface area contributed by atoms with Gasteiger partial charge in [0.15, 0.2) is 5.75 Å². The number of benzene rings is 2. The average molecular weight is 430 g/mol. The number of likely N-dealkylation sites (tertiary alicyclic amines) is 1. The summed E-state index contributed by atoms with van der Waals surface area (Å²) in [4.78, 5) is 22.9. The number of methoxy groups -OCH3 is 1. The summed E-state index contributed by atoms with van der Waals surface area (Å²) in [5.74, 6) is 1.39. The lowest BCUT2D eigenvalue weighted by molar-refractivity contribution is 0.0778. The first-order chi connectivity index (χ1) is 15.7. The molecular formula is C26H27N3O3. The summed E-state index contributed by atoms with van der Waals surface area (Å²) in [5, 5.41) is 10.1. The molecule has 2 aliphatic rings. The molecule has 1 aromatic heterocycles. The standard InChI is InChI=1S/C26H27N3O3/c1-32-21-13-27-25(28-14-21)26(31)29-11-10-19(15-29)22-9-8-18(12-20(22)16-30)24-5-3-2-4-23(24)17-6-7-17/h2-5,8-9,12-14,17,19,30H,6-7,10-11,15-16H2,1H3. The molecule has 1 saturated carbocycles. The predicted octanol–water partition coefficient (Wildman–Crippen LogP) is 4.15. The van der Waals surface area contributed by atoms with Crippen molar-refractivity contribution < 1.29 is 14.6 Å². The van der Waals surface area contributed by atoms with Crippen LogP contribution in [0.5, 0.6) is 5.75 Å². The second-order valence-electron chi connectivity index (χ2n) is 8.62. The van der Waals surface area contributed by atoms with E-state index in [2.05, 4.69) is 52.4 Å². The zero-order valence-electron chi connectivity index (χ0n) is 18.2. The van der Waals surface area contributed by atoms with E-state index in [1.165, 1.54) is 36.4 Å². The van der Waals surface area contributed by atoms with Crippen LogP contribution in [0.25, 0.3) is 11.1 Å². The van der Waals surface area contributed by atoms with Crippen molar-refractivity contribution in [3.05, 3.63) is 77.4 Å². The molecule has 6 nitrogen and oxygen atoms in total. The number of aliphatic hydroxyl groups excluding tert-OH is 1. The number of amides is 1. The number of hydrogen-bond acceptors (Lipinski definition) is 5. The molecule has 1 amide bonds. The lowest BCUT2D eigenvalue weighted by Gasteiger charge is -2.18. The van der Waals surface area contributed by atoms with Crippen molar-refractivity contribution in [2.24, 2.45) is 0 Å². The van der Waals surface area contributed by atoms with Crippen molar-refractivity contribution in [1.29, 1.82) is 0 Å². The number of aromatic nitrogens is 2. The Morgan fingerprint density at radius 1 is 1.06 bits per heavy atom. The maximum atomic E-state index is 12.8. The van der Waals surface area contributed by atoms with Crippen molar-refractivity contribution in [2.75, 3.05) is 20.2 Å². The van der Waals surface area contributed by atoms with Crippen LogP contribution in [-0.2, 0) is 6.61 Å². The normalized spacial score (nSPS) is 18.1. The third-order valence-corrected chi connectivity index (χ3v) is 6.57. The summed E-state index contributed by atoms with van der Waals surface area (Å²) in [5.41, 5.74) is 5.87. The number of carbonyl (C=O) groups is 1. The van der Waals surface area contributed by atoms with Crippen LogP contribution in [0.3, 0.4) is 0 Å². The Morgan fingerprint density at radius 3 is 2.56 bits per heavy atom. The maximum Gasteiger partial charge on any atom is 0.291 e. The van der Waals surface area contributed by atoms with Gasteiger partial charge in [-0.15, -0.1) is 0 Å². The van der Waals surface area contributed by atoms with Gasteiger partial charge in [0.2, 0.25) is 5.82 Å². The minimum absolute atomic E-state index is 0.0131. The van der Waals surface area contributed by atoms with Gasteiger partial charge in [0, 0.05) is 19.0 Å². The van der Waals surface area contributed by atoms with Crippen molar-refractivity contribution in [2.45, 2.75) is 37.7 Å². The minimum atomic E-state index is -0.171. The maximum absolute atomic E-state index is 12.8. The van der Waals surface area contributed by atoms with E-state index in [1.807, 2.05) is 0 Å². The molecule has 2 fully saturated rings. The molecule has 164 valence electrons. The van der Waals surface area contributed by atoms with Gasteiger partial charge in [0.1, 0.15) is 0 Å². The predicted molar refractivity (Wildman–Crippen MR) is 122 cm³/mol. The summed E-state index contributed by atoms with van der Waals surface area (Å²) in [6.45, 7) is 1.23. The first-order valence-electron chi connectivity index (χ1n) is 11.2. The Hall–Kier alpha value is -3.25. The molecule has 6 heteroatoms. The molecule has 1 aliphatic heterocycles. The molecular weight excluding hydrogens is 402 g/mol. The van der Waals surface area contributed by atoms with Crippen molar-refractivity contribution >= 4 is 5.91 Å². The van der Waals surface area contributed by atoms with Gasteiger partial charge >= 0.3 is 0 Å². The highest BCUT2D eigenvalue weighted by Crippen LogP contribution is 2.44. The SMILES string of the molecule is COc1cnc(C(=O)N2CCC(c3ccc(-c4ccccc4C4CC4)cc3CO)C2)nc1. The Bertz CT molecular complexity index is 1130. The van der Waals surface area contributed by atoms with Crippen LogP contribution in [-0.4, -0.2) is 46.1 Å². The van der Waals surface area contributed by atoms with E-state index in [9.17, 15) is 9.90 Å². The molecule has 0 radical (unpaired) electrons. The molecule has 1 aliphatic carbocycles. The monoisotopic (exact) mass is 429 g/mol. The van der Waals surface area contributed by atoms with Gasteiger partial charge in [0.25, 0.3) is 5.91 Å². The number of rotatable bonds is 6. The number of ether oxygens (including phenoxy) is 1. The van der Waals surface area contributed by atoms with E-state index in [4.69, 9.17) is 4.74 Å². The summed E-state index contributed by atoms with van der Waals surface area (Å²) in [6.07, 6.45) is 6.39. The van der Waals surface area contributed by atoms with E-state index in [1.54, 1.807) is 12.0 Å². The number of carbonyl (C=O) groups excluding carboxylic acids is 1. The van der Waals surface area contributed by atoms with Crippen LogP contribution in [0.2, 0.25) is 0 Å². The van der Waals surface area contributed by atoms with E-state index < -0.39 is 0 Å². The zero-order valence-corrected chi connectivity index (χ0v) is 18.2. The Morgan fingerprint density at radius 2 is 1.84 bits per heavy atom. The van der Waals surface area contributed by atoms with E-state index in [0.29, 0.717) is 24.8 Å². The fraction of sp³-hybridized carbons (Fsp3) is 0.346. The van der Waals surface area contributed by atoms with Crippen molar-refractivity contribution in [3.8, 4) is 16.9 Å². The highest BCUT2D eigenvalue weighted by atomic mass is 16.5. The van der Waals surface area contributed by atoms with Gasteiger partial charge < -0.3 is 14.7 Å². The lowest BCUT2D eigenvalue weighted by atomic mass is 9.89. The number of aliphatic hydroxyl groups is 1. The molecule has 2 aromatic carbocycles. The van der Waals surface area contributed by atoms with Crippen LogP contribution < -0.4 is 4.74 Å². The van der Waals surface area contributed by atoms with Crippen molar-refractivity contribution in [1.82, 2.24) is 14.9 Å². The molecule has 5 rings (SSSR count). The molecule has 1 saturated heterocycles. The van der Waals surface area contributed by atoms with E-state index in [0.717, 1.165) is 23.1 Å². The lowest BCUT2D eigenvalue weighted by Crippen LogP contribution is -2.30. The minimum Gasteiger partial charge on any atom is -0.494 e. The van der Waals surface area contributed by atoms with Gasteiger partial charge in [0.05, 0.1) is 26.1 Å². The van der Waals surface area contributed by atoms with E-state index in [-0.39, 0.29) is 24.3 Å². The second kappa shape index (κ2) is 8.71. The summed E-state index contributed by atoms with van der Waals surface area (Å²) >= 11 is 0. The van der Waals surface area contributed by atoms with Crippen LogP contribution in [0.4, 0.5) is 0 Å². The number of hydrogen-bond donors (Lipinski definition) is 1. The van der Waals surface area contributed by atoms with Gasteiger partial charge in [-0.1, -0.05) is 36.4 Å². The van der Waals surface area contributed by atoms with Gasteiger partial charge in [-0.05, 0) is 59.1 Å². The fourth-order valence-electron chi connectivity index (χ4n) is 4.69. The van der Waals surface area contributed by atoms with Crippen molar-refractivity contribution in [3.63, 3.8) is 0 Å². The topological polar surface area (TPSA) is 75.5 Å². The van der Waals surface area contributed by atoms with Crippen LogP contribution in [0.1, 0.15) is 58.4 Å². The second-order valence-corrected chi connectivity index (χ2v) is 8.62. The van der Waals surface area contributed by atoms with Crippen LogP contribution in [0.15, 0.2) is 54.9 Å². The third kappa shape index (κ3) is 3.98. The average Bonchev–Trinajstić information content (AvgIpc) is 3.59. The smallest absolute Gasteiger partial charge is 0.291 e. The highest BCUT2D eigenvalue weighted by Gasteiger charge is 2.31. The van der Waals surface area contributed by atoms with Gasteiger partial charge in [-0.2, -0.15) is 0 Å². The fourth-order valence-corrected chi connectivity index (χ4v) is 4.69. The van der Waals surface area contributed by atoms with Crippen LogP contribution >= 0.6 is 0 Å². The summed E-state index contributed by atoms with van der Waals surface area (Å²) in [6, 6.07) is 15.0. The Labute approximate surface area is 187 Å². The molecule has 1 atom stereocenters. The first-order valence-corrected chi connectivity index (χ1v) is 11.2. The first kappa shape index (κ1) is 20.6. The van der Waals surface area contributed by atoms with Crippen LogP contribution in [0, 0.1) is 0 Å². The molecule has 1 unspecified atom stereocenters. The van der Waals surface area contributed by atoms with Gasteiger partial charge in [-0.25, -0.2) is 9.97 Å². The quantitative estimate of drug-likeness (QED) is 0.637. The Kier molecular flexibility index (Phi) is 5.62. The molecule has 0 spiro atoms. The molecule has 3 aromatic rings. The summed E-state index contributed by atoms with van der Waals surface area (Å²) in [7, 11) is 1.54. The molecule has 1 N–H and O–H groups in total. The summed E-state index contributed by atoms with van der Waals surface area (Å²) < 4.78 is 5.07. The highest BCUT2D eigenvalue weighted by molar-refractivity contribution is 5.90.